The third-order valence-corrected chi connectivity index (χ3v) is 3.16. The minimum absolute atomic E-state index is 0.237. The molecule has 1 aromatic rings. The molecule has 2 N–H and O–H groups in total. The number of benzene rings is 1. The molecule has 0 amide bonds. The number of hydrogen-bond acceptors (Lipinski definition) is 2. The van der Waals surface area contributed by atoms with Crippen LogP contribution < -0.4 is 10.7 Å². The molecule has 1 aliphatic rings. The Morgan fingerprint density at radius 2 is 1.88 bits per heavy atom. The molecular formula is C12H16FN3S. The first-order valence-electron chi connectivity index (χ1n) is 5.57. The first kappa shape index (κ1) is 12.3. The maximum atomic E-state index is 12.9. The van der Waals surface area contributed by atoms with Crippen molar-refractivity contribution >= 4 is 17.3 Å². The molecule has 92 valence electrons. The molecule has 1 heterocycles. The molecule has 0 radical (unpaired) electrons. The lowest BCUT2D eigenvalue weighted by molar-refractivity contribution is 0.202. The highest BCUT2D eigenvalue weighted by molar-refractivity contribution is 7.80. The highest BCUT2D eigenvalue weighted by Gasteiger charge is 2.38. The van der Waals surface area contributed by atoms with Crippen LogP contribution in [0.1, 0.15) is 26.3 Å². The predicted molar refractivity (Wildman–Crippen MR) is 69.6 cm³/mol. The third kappa shape index (κ3) is 2.25. The van der Waals surface area contributed by atoms with Gasteiger partial charge in [0.15, 0.2) is 5.11 Å². The fourth-order valence-electron chi connectivity index (χ4n) is 1.88. The van der Waals surface area contributed by atoms with Gasteiger partial charge in [0.1, 0.15) is 11.5 Å². The summed E-state index contributed by atoms with van der Waals surface area (Å²) in [5.41, 5.74) is 3.78. The van der Waals surface area contributed by atoms with Crippen molar-refractivity contribution in [1.82, 2.24) is 15.8 Å². The van der Waals surface area contributed by atoms with Crippen LogP contribution in [0.5, 0.6) is 0 Å². The summed E-state index contributed by atoms with van der Waals surface area (Å²) in [5, 5.41) is 5.78. The van der Waals surface area contributed by atoms with Crippen molar-refractivity contribution in [2.75, 3.05) is 0 Å². The van der Waals surface area contributed by atoms with E-state index in [-0.39, 0.29) is 11.9 Å². The number of rotatable bonds is 2. The summed E-state index contributed by atoms with van der Waals surface area (Å²) in [5.74, 6) is -0.237. The molecule has 2 rings (SSSR count). The molecule has 17 heavy (non-hydrogen) atoms. The van der Waals surface area contributed by atoms with E-state index in [4.69, 9.17) is 12.2 Å². The highest BCUT2D eigenvalue weighted by atomic mass is 32.1. The van der Waals surface area contributed by atoms with Crippen molar-refractivity contribution in [2.45, 2.75) is 32.5 Å². The number of thiocarbonyl (C=S) groups is 1. The minimum Gasteiger partial charge on any atom is -0.338 e. The summed E-state index contributed by atoms with van der Waals surface area (Å²) in [6.07, 6.45) is 0. The summed E-state index contributed by atoms with van der Waals surface area (Å²) in [7, 11) is 0. The molecule has 1 atom stereocenters. The summed E-state index contributed by atoms with van der Waals surface area (Å²) < 4.78 is 12.9. The Bertz CT molecular complexity index is 432. The number of nitrogens with one attached hydrogen (secondary N) is 2. The molecule has 5 heteroatoms. The van der Waals surface area contributed by atoms with E-state index >= 15 is 0 Å². The minimum atomic E-state index is -0.477. The van der Waals surface area contributed by atoms with Crippen molar-refractivity contribution in [1.29, 1.82) is 0 Å². The Kier molecular flexibility index (Phi) is 3.05. The Morgan fingerprint density at radius 3 is 2.35 bits per heavy atom. The fourth-order valence-corrected chi connectivity index (χ4v) is 2.34. The van der Waals surface area contributed by atoms with Crippen LogP contribution in [-0.2, 0) is 5.66 Å². The second kappa shape index (κ2) is 4.23. The lowest BCUT2D eigenvalue weighted by Gasteiger charge is -2.27. The monoisotopic (exact) mass is 253 g/mol. The summed E-state index contributed by atoms with van der Waals surface area (Å²) in [4.78, 5) is 0. The molecule has 0 bridgehead atoms. The standard InChI is InChI=1S/C12H16FN3S/c1-8(2)16-11(17)14-12(3,15-16)9-4-6-10(13)7-5-9/h4-8,15H,1-3H3,(H,14,17)/t12-/m0/s1. The van der Waals surface area contributed by atoms with E-state index in [2.05, 4.69) is 24.6 Å². The molecule has 1 fully saturated rings. The van der Waals surface area contributed by atoms with Gasteiger partial charge < -0.3 is 5.32 Å². The van der Waals surface area contributed by atoms with Gasteiger partial charge in [-0.25, -0.2) is 9.82 Å². The molecule has 0 spiro atoms. The van der Waals surface area contributed by atoms with E-state index in [1.807, 2.05) is 11.9 Å². The first-order valence-corrected chi connectivity index (χ1v) is 5.98. The summed E-state index contributed by atoms with van der Waals surface area (Å²) in [6.45, 7) is 6.09. The lowest BCUT2D eigenvalue weighted by Crippen LogP contribution is -2.47. The number of hydrogen-bond donors (Lipinski definition) is 2. The highest BCUT2D eigenvalue weighted by Crippen LogP contribution is 2.24. The van der Waals surface area contributed by atoms with Crippen LogP contribution >= 0.6 is 12.2 Å². The number of halogens is 1. The van der Waals surface area contributed by atoms with Crippen LogP contribution in [0.4, 0.5) is 4.39 Å². The van der Waals surface area contributed by atoms with Crippen molar-refractivity contribution in [2.24, 2.45) is 0 Å². The van der Waals surface area contributed by atoms with Crippen LogP contribution in [0.2, 0.25) is 0 Å². The molecule has 0 saturated carbocycles. The lowest BCUT2D eigenvalue weighted by atomic mass is 10.0. The van der Waals surface area contributed by atoms with Crippen LogP contribution in [0.25, 0.3) is 0 Å². The molecule has 0 aromatic heterocycles. The molecule has 1 aliphatic heterocycles. The molecule has 1 aromatic carbocycles. The van der Waals surface area contributed by atoms with Gasteiger partial charge in [-0.3, -0.25) is 5.01 Å². The zero-order valence-electron chi connectivity index (χ0n) is 10.1. The topological polar surface area (TPSA) is 27.3 Å². The second-order valence-electron chi connectivity index (χ2n) is 4.64. The van der Waals surface area contributed by atoms with Crippen molar-refractivity contribution in [3.63, 3.8) is 0 Å². The normalized spacial score (nSPS) is 24.3. The Hall–Kier alpha value is -1.20. The largest absolute Gasteiger partial charge is 0.338 e. The number of hydrazine groups is 1. The zero-order chi connectivity index (χ0) is 12.6. The van der Waals surface area contributed by atoms with Gasteiger partial charge in [-0.05, 0) is 50.7 Å². The van der Waals surface area contributed by atoms with Crippen LogP contribution in [0.15, 0.2) is 24.3 Å². The maximum absolute atomic E-state index is 12.9. The average Bonchev–Trinajstić information content (AvgIpc) is 2.56. The van der Waals surface area contributed by atoms with Gasteiger partial charge >= 0.3 is 0 Å². The quantitative estimate of drug-likeness (QED) is 0.789. The van der Waals surface area contributed by atoms with E-state index in [0.29, 0.717) is 5.11 Å². The Morgan fingerprint density at radius 1 is 1.29 bits per heavy atom. The molecule has 3 nitrogen and oxygen atoms in total. The van der Waals surface area contributed by atoms with E-state index in [1.165, 1.54) is 12.1 Å². The first-order chi connectivity index (χ1) is 7.92. The van der Waals surface area contributed by atoms with Gasteiger partial charge in [-0.2, -0.15) is 0 Å². The zero-order valence-corrected chi connectivity index (χ0v) is 10.9. The van der Waals surface area contributed by atoms with E-state index in [9.17, 15) is 4.39 Å². The van der Waals surface area contributed by atoms with Gasteiger partial charge in [0, 0.05) is 6.04 Å². The second-order valence-corrected chi connectivity index (χ2v) is 5.02. The molecule has 1 saturated heterocycles. The van der Waals surface area contributed by atoms with Crippen LogP contribution in [0, 0.1) is 5.82 Å². The third-order valence-electron chi connectivity index (χ3n) is 2.86. The van der Waals surface area contributed by atoms with Gasteiger partial charge in [0.2, 0.25) is 0 Å². The molecule has 0 aliphatic carbocycles. The average molecular weight is 253 g/mol. The maximum Gasteiger partial charge on any atom is 0.185 e. The SMILES string of the molecule is CC(C)N1N[C@@](C)(c2ccc(F)cc2)NC1=S. The van der Waals surface area contributed by atoms with E-state index < -0.39 is 5.66 Å². The fraction of sp³-hybridized carbons (Fsp3) is 0.417. The molecule has 0 unspecified atom stereocenters. The van der Waals surface area contributed by atoms with E-state index in [1.54, 1.807) is 12.1 Å². The molecular weight excluding hydrogens is 237 g/mol. The number of nitrogens with zero attached hydrogens (tertiary/aromatic N) is 1. The Balaban J connectivity index is 2.27. The van der Waals surface area contributed by atoms with Gasteiger partial charge in [0.25, 0.3) is 0 Å². The summed E-state index contributed by atoms with van der Waals surface area (Å²) in [6, 6.07) is 6.66. The Labute approximate surface area is 106 Å². The van der Waals surface area contributed by atoms with Gasteiger partial charge in [0.05, 0.1) is 0 Å². The van der Waals surface area contributed by atoms with E-state index in [0.717, 1.165) is 5.56 Å². The smallest absolute Gasteiger partial charge is 0.185 e. The van der Waals surface area contributed by atoms with Gasteiger partial charge in [-0.1, -0.05) is 12.1 Å². The van der Waals surface area contributed by atoms with Crippen molar-refractivity contribution < 1.29 is 4.39 Å². The summed E-state index contributed by atoms with van der Waals surface area (Å²) >= 11 is 5.27. The van der Waals surface area contributed by atoms with Gasteiger partial charge in [-0.15, -0.1) is 0 Å². The predicted octanol–water partition coefficient (Wildman–Crippen LogP) is 2.10. The van der Waals surface area contributed by atoms with Crippen molar-refractivity contribution in [3.05, 3.63) is 35.6 Å². The van der Waals surface area contributed by atoms with Crippen LogP contribution in [0.3, 0.4) is 0 Å². The van der Waals surface area contributed by atoms with Crippen LogP contribution in [-0.4, -0.2) is 16.2 Å². The van der Waals surface area contributed by atoms with Crippen molar-refractivity contribution in [3.8, 4) is 0 Å².